The molecule has 1 heterocycles. The molecule has 2 aromatic carbocycles. The highest BCUT2D eigenvalue weighted by atomic mass is 19.4. The van der Waals surface area contributed by atoms with Crippen molar-refractivity contribution in [2.45, 2.75) is 24.2 Å². The van der Waals surface area contributed by atoms with E-state index in [0.717, 1.165) is 12.1 Å². The first-order valence-electron chi connectivity index (χ1n) is 8.36. The maximum absolute atomic E-state index is 14.3. The first-order chi connectivity index (χ1) is 12.8. The van der Waals surface area contributed by atoms with E-state index in [4.69, 9.17) is 5.11 Å². The molecular formula is C20H15F4NO2. The molecule has 27 heavy (non-hydrogen) atoms. The Hall–Kier alpha value is -2.51. The minimum absolute atomic E-state index is 0.0935. The number of aliphatic imine (C=N–C) groups is 1. The van der Waals surface area contributed by atoms with Crippen molar-refractivity contribution in [3.05, 3.63) is 65.0 Å². The molecule has 0 amide bonds. The fourth-order valence-corrected chi connectivity index (χ4v) is 3.80. The van der Waals surface area contributed by atoms with Crippen molar-refractivity contribution < 1.29 is 27.8 Å². The van der Waals surface area contributed by atoms with Gasteiger partial charge in [0.25, 0.3) is 0 Å². The van der Waals surface area contributed by atoms with Crippen LogP contribution in [0.2, 0.25) is 0 Å². The third kappa shape index (κ3) is 2.53. The molecule has 0 spiro atoms. The van der Waals surface area contributed by atoms with Crippen LogP contribution in [-0.2, 0) is 5.60 Å². The maximum atomic E-state index is 14.3. The van der Waals surface area contributed by atoms with E-state index in [1.54, 1.807) is 12.1 Å². The standard InChI is InChI=1S/C20H15F4NO2/c21-12-8-15(11-7-13(5-6-26)25-10-11)18-14-3-1-2-4-16(14)19(27,17(18)9-12)20(22,23)24/h1-4,7-10,13,26-27H,5-6H2/t13?,19-/m1/s1. The van der Waals surface area contributed by atoms with Crippen LogP contribution >= 0.6 is 0 Å². The Kier molecular flexibility index (Phi) is 3.98. The van der Waals surface area contributed by atoms with Crippen LogP contribution in [0.25, 0.3) is 16.7 Å². The highest BCUT2D eigenvalue weighted by Gasteiger charge is 2.61. The van der Waals surface area contributed by atoms with Crippen LogP contribution in [0, 0.1) is 5.82 Å². The van der Waals surface area contributed by atoms with Gasteiger partial charge in [0, 0.05) is 23.9 Å². The molecule has 3 nitrogen and oxygen atoms in total. The molecule has 0 saturated carbocycles. The first-order valence-corrected chi connectivity index (χ1v) is 8.36. The van der Waals surface area contributed by atoms with E-state index in [9.17, 15) is 22.7 Å². The molecule has 0 bridgehead atoms. The van der Waals surface area contributed by atoms with Crippen LogP contribution in [0.4, 0.5) is 17.6 Å². The van der Waals surface area contributed by atoms with E-state index in [-0.39, 0.29) is 34.9 Å². The molecule has 7 heteroatoms. The fourth-order valence-electron chi connectivity index (χ4n) is 3.80. The largest absolute Gasteiger partial charge is 0.425 e. The smallest absolute Gasteiger partial charge is 0.396 e. The number of aliphatic hydroxyl groups excluding tert-OH is 1. The number of allylic oxidation sites excluding steroid dienone is 1. The van der Waals surface area contributed by atoms with Crippen LogP contribution in [0.1, 0.15) is 23.1 Å². The average Bonchev–Trinajstić information content (AvgIpc) is 3.17. The number of rotatable bonds is 3. The second kappa shape index (κ2) is 6.00. The van der Waals surface area contributed by atoms with Gasteiger partial charge in [0.1, 0.15) is 5.82 Å². The zero-order valence-electron chi connectivity index (χ0n) is 14.0. The van der Waals surface area contributed by atoms with Crippen molar-refractivity contribution in [3.8, 4) is 11.1 Å². The van der Waals surface area contributed by atoms with Crippen LogP contribution in [0.3, 0.4) is 0 Å². The number of nitrogens with zero attached hydrogens (tertiary/aromatic N) is 1. The van der Waals surface area contributed by atoms with E-state index in [1.807, 2.05) is 0 Å². The van der Waals surface area contributed by atoms with Crippen molar-refractivity contribution in [1.82, 2.24) is 0 Å². The number of halogens is 4. The monoisotopic (exact) mass is 377 g/mol. The van der Waals surface area contributed by atoms with E-state index in [1.165, 1.54) is 24.4 Å². The SMILES string of the molecule is OCCC1C=C(c2cc(F)cc3c2-c2ccccc2[C@]3(O)C(F)(F)F)C=N1. The third-order valence-electron chi connectivity index (χ3n) is 5.00. The number of benzene rings is 2. The lowest BCUT2D eigenvalue weighted by atomic mass is 9.89. The summed E-state index contributed by atoms with van der Waals surface area (Å²) in [6, 6.07) is 7.24. The maximum Gasteiger partial charge on any atom is 0.425 e. The molecule has 1 aliphatic carbocycles. The van der Waals surface area contributed by atoms with Gasteiger partial charge in [0.15, 0.2) is 0 Å². The van der Waals surface area contributed by atoms with Gasteiger partial charge in [-0.15, -0.1) is 0 Å². The molecule has 0 radical (unpaired) electrons. The Balaban J connectivity index is 2.00. The summed E-state index contributed by atoms with van der Waals surface area (Å²) < 4.78 is 55.9. The van der Waals surface area contributed by atoms with Gasteiger partial charge in [0.2, 0.25) is 5.60 Å². The topological polar surface area (TPSA) is 52.8 Å². The van der Waals surface area contributed by atoms with Crippen LogP contribution in [0.5, 0.6) is 0 Å². The molecule has 2 aromatic rings. The second-order valence-corrected chi connectivity index (χ2v) is 6.61. The third-order valence-corrected chi connectivity index (χ3v) is 5.00. The molecule has 0 aromatic heterocycles. The van der Waals surface area contributed by atoms with Gasteiger partial charge in [-0.2, -0.15) is 13.2 Å². The zero-order chi connectivity index (χ0) is 19.4. The van der Waals surface area contributed by atoms with Crippen molar-refractivity contribution in [1.29, 1.82) is 0 Å². The minimum atomic E-state index is -5.02. The highest BCUT2D eigenvalue weighted by molar-refractivity contribution is 6.15. The molecular weight excluding hydrogens is 362 g/mol. The van der Waals surface area contributed by atoms with Crippen molar-refractivity contribution >= 4 is 11.8 Å². The molecule has 0 saturated heterocycles. The zero-order valence-corrected chi connectivity index (χ0v) is 14.0. The van der Waals surface area contributed by atoms with Gasteiger partial charge >= 0.3 is 6.18 Å². The summed E-state index contributed by atoms with van der Waals surface area (Å²) in [6.45, 7) is -0.0935. The van der Waals surface area contributed by atoms with Crippen molar-refractivity contribution in [2.75, 3.05) is 6.61 Å². The van der Waals surface area contributed by atoms with Gasteiger partial charge in [-0.05, 0) is 40.8 Å². The van der Waals surface area contributed by atoms with E-state index >= 15 is 0 Å². The molecule has 2 N–H and O–H groups in total. The average molecular weight is 377 g/mol. The predicted octanol–water partition coefficient (Wildman–Crippen LogP) is 3.82. The number of aliphatic hydroxyl groups is 2. The molecule has 4 rings (SSSR count). The Bertz CT molecular complexity index is 980. The summed E-state index contributed by atoms with van der Waals surface area (Å²) in [5.41, 5.74) is -3.06. The van der Waals surface area contributed by atoms with Gasteiger partial charge in [-0.25, -0.2) is 4.39 Å². The number of fused-ring (bicyclic) bond motifs is 3. The highest BCUT2D eigenvalue weighted by Crippen LogP contribution is 2.56. The summed E-state index contributed by atoms with van der Waals surface area (Å²) in [6.07, 6.45) is -1.51. The lowest BCUT2D eigenvalue weighted by Gasteiger charge is -2.28. The summed E-state index contributed by atoms with van der Waals surface area (Å²) in [7, 11) is 0. The normalized spacial score (nSPS) is 23.3. The van der Waals surface area contributed by atoms with Crippen molar-refractivity contribution in [2.24, 2.45) is 4.99 Å². The number of hydrogen-bond acceptors (Lipinski definition) is 3. The Morgan fingerprint density at radius 2 is 1.81 bits per heavy atom. The van der Waals surface area contributed by atoms with Gasteiger partial charge < -0.3 is 10.2 Å². The number of alkyl halides is 3. The summed E-state index contributed by atoms with van der Waals surface area (Å²) in [5.74, 6) is -0.876. The van der Waals surface area contributed by atoms with Crippen LogP contribution in [0.15, 0.2) is 47.5 Å². The van der Waals surface area contributed by atoms with Gasteiger partial charge in [-0.1, -0.05) is 30.3 Å². The Morgan fingerprint density at radius 1 is 1.07 bits per heavy atom. The lowest BCUT2D eigenvalue weighted by molar-refractivity contribution is -0.246. The Labute approximate surface area is 152 Å². The van der Waals surface area contributed by atoms with E-state index in [2.05, 4.69) is 4.99 Å². The summed E-state index contributed by atoms with van der Waals surface area (Å²) in [4.78, 5) is 4.19. The van der Waals surface area contributed by atoms with Gasteiger partial charge in [0.05, 0.1) is 6.04 Å². The van der Waals surface area contributed by atoms with Crippen molar-refractivity contribution in [3.63, 3.8) is 0 Å². The minimum Gasteiger partial charge on any atom is -0.396 e. The quantitative estimate of drug-likeness (QED) is 0.799. The molecule has 1 aliphatic heterocycles. The van der Waals surface area contributed by atoms with Crippen LogP contribution in [-0.4, -0.2) is 35.3 Å². The summed E-state index contributed by atoms with van der Waals surface area (Å²) in [5, 5.41) is 19.7. The molecule has 2 atom stereocenters. The summed E-state index contributed by atoms with van der Waals surface area (Å²) >= 11 is 0. The second-order valence-electron chi connectivity index (χ2n) is 6.61. The molecule has 1 unspecified atom stereocenters. The molecule has 0 fully saturated rings. The van der Waals surface area contributed by atoms with Gasteiger partial charge in [-0.3, -0.25) is 4.99 Å². The lowest BCUT2D eigenvalue weighted by Crippen LogP contribution is -2.41. The van der Waals surface area contributed by atoms with E-state index < -0.39 is 23.2 Å². The van der Waals surface area contributed by atoms with Crippen LogP contribution < -0.4 is 0 Å². The Morgan fingerprint density at radius 3 is 2.52 bits per heavy atom. The van der Waals surface area contributed by atoms with E-state index in [0.29, 0.717) is 12.0 Å². The molecule has 140 valence electrons. The number of hydrogen-bond donors (Lipinski definition) is 2. The first kappa shape index (κ1) is 17.9. The fraction of sp³-hybridized carbons (Fsp3) is 0.250. The molecule has 2 aliphatic rings. The predicted molar refractivity (Wildman–Crippen MR) is 92.8 cm³/mol.